The van der Waals surface area contributed by atoms with Gasteiger partial charge in [-0.3, -0.25) is 4.99 Å². The smallest absolute Gasteiger partial charge is 0.119 e. The third kappa shape index (κ3) is 3.26. The fraction of sp³-hybridized carbons (Fsp3) is 0.0952. The molecule has 0 radical (unpaired) electrons. The highest BCUT2D eigenvalue weighted by Gasteiger charge is 2.24. The zero-order valence-corrected chi connectivity index (χ0v) is 14.4. The molecule has 25 heavy (non-hydrogen) atoms. The first kappa shape index (κ1) is 15.8. The number of rotatable bonds is 2. The molecule has 0 unspecified atom stereocenters. The van der Waals surface area contributed by atoms with E-state index in [1.807, 2.05) is 60.7 Å². The van der Waals surface area contributed by atoms with Gasteiger partial charge in [0.05, 0.1) is 5.69 Å². The summed E-state index contributed by atoms with van der Waals surface area (Å²) < 4.78 is 0. The zero-order valence-electron chi connectivity index (χ0n) is 13.6. The number of thioether (sulfide) groups is 1. The minimum absolute atomic E-state index is 0.0983. The Balaban J connectivity index is 1.82. The van der Waals surface area contributed by atoms with Crippen LogP contribution in [0, 0.1) is 0 Å². The maximum Gasteiger partial charge on any atom is 0.119 e. The number of nitrogen functional groups attached to an aromatic ring is 1. The fourth-order valence-electron chi connectivity index (χ4n) is 3.00. The molecule has 3 aromatic carbocycles. The quantitative estimate of drug-likeness (QED) is 0.616. The monoisotopic (exact) mass is 346 g/mol. The molecule has 3 aromatic rings. The van der Waals surface area contributed by atoms with Crippen molar-refractivity contribution in [3.8, 4) is 5.75 Å². The van der Waals surface area contributed by atoms with Crippen LogP contribution in [-0.2, 0) is 0 Å². The highest BCUT2D eigenvalue weighted by Crippen LogP contribution is 2.47. The van der Waals surface area contributed by atoms with Crippen LogP contribution < -0.4 is 5.73 Å². The molecule has 0 amide bonds. The number of hydrogen-bond acceptors (Lipinski definition) is 4. The van der Waals surface area contributed by atoms with E-state index in [0.717, 1.165) is 39.5 Å². The van der Waals surface area contributed by atoms with E-state index >= 15 is 0 Å². The van der Waals surface area contributed by atoms with Crippen molar-refractivity contribution >= 4 is 28.8 Å². The number of phenolic OH excluding ortho intramolecular Hbond substituents is 1. The van der Waals surface area contributed by atoms with E-state index in [-0.39, 0.29) is 5.25 Å². The topological polar surface area (TPSA) is 58.6 Å². The van der Waals surface area contributed by atoms with E-state index in [4.69, 9.17) is 10.7 Å². The molecule has 0 saturated heterocycles. The lowest BCUT2D eigenvalue weighted by Gasteiger charge is -2.17. The van der Waals surface area contributed by atoms with Crippen molar-refractivity contribution in [3.05, 3.63) is 83.9 Å². The van der Waals surface area contributed by atoms with Crippen LogP contribution in [0.25, 0.3) is 0 Å². The Morgan fingerprint density at radius 1 is 0.920 bits per heavy atom. The first-order valence-corrected chi connectivity index (χ1v) is 9.06. The first-order valence-electron chi connectivity index (χ1n) is 8.18. The molecule has 0 aliphatic carbocycles. The number of benzene rings is 3. The van der Waals surface area contributed by atoms with Gasteiger partial charge in [0.15, 0.2) is 0 Å². The summed E-state index contributed by atoms with van der Waals surface area (Å²) in [6.07, 6.45) is 0.737. The highest BCUT2D eigenvalue weighted by atomic mass is 32.2. The molecule has 0 saturated carbocycles. The summed E-state index contributed by atoms with van der Waals surface area (Å²) in [5.41, 5.74) is 10.5. The second-order valence-corrected chi connectivity index (χ2v) is 7.26. The second-order valence-electron chi connectivity index (χ2n) is 6.02. The molecule has 124 valence electrons. The number of nitrogens with zero attached hydrogens (tertiary/aromatic N) is 1. The number of nitrogens with two attached hydrogens (primary N) is 1. The summed E-state index contributed by atoms with van der Waals surface area (Å²) in [5, 5.41) is 10.4. The van der Waals surface area contributed by atoms with Gasteiger partial charge in [-0.2, -0.15) is 0 Å². The average Bonchev–Trinajstić information content (AvgIpc) is 2.82. The fourth-order valence-corrected chi connectivity index (χ4v) is 4.27. The van der Waals surface area contributed by atoms with E-state index in [0.29, 0.717) is 5.75 Å². The van der Waals surface area contributed by atoms with Crippen molar-refractivity contribution < 1.29 is 5.11 Å². The Bertz CT molecular complexity index is 935. The number of para-hydroxylation sites is 2. The molecule has 0 fully saturated rings. The molecule has 0 bridgehead atoms. The molecule has 1 aliphatic rings. The average molecular weight is 346 g/mol. The number of aromatic hydroxyl groups is 1. The molecule has 1 aliphatic heterocycles. The molecule has 4 heteroatoms. The Hall–Kier alpha value is -2.72. The van der Waals surface area contributed by atoms with E-state index in [1.54, 1.807) is 17.8 Å². The van der Waals surface area contributed by atoms with Crippen molar-refractivity contribution in [1.29, 1.82) is 0 Å². The van der Waals surface area contributed by atoms with Gasteiger partial charge < -0.3 is 10.8 Å². The predicted molar refractivity (Wildman–Crippen MR) is 105 cm³/mol. The second kappa shape index (κ2) is 6.65. The summed E-state index contributed by atoms with van der Waals surface area (Å²) >= 11 is 1.75. The lowest BCUT2D eigenvalue weighted by molar-refractivity contribution is 0.468. The van der Waals surface area contributed by atoms with Crippen molar-refractivity contribution in [2.24, 2.45) is 4.99 Å². The van der Waals surface area contributed by atoms with Crippen LogP contribution in [0.15, 0.2) is 82.7 Å². The highest BCUT2D eigenvalue weighted by molar-refractivity contribution is 7.99. The Kier molecular flexibility index (Phi) is 4.20. The lowest BCUT2D eigenvalue weighted by Crippen LogP contribution is -2.05. The molecular formula is C21H18N2OS. The molecule has 1 atom stereocenters. The van der Waals surface area contributed by atoms with Gasteiger partial charge in [-0.25, -0.2) is 0 Å². The van der Waals surface area contributed by atoms with Crippen molar-refractivity contribution in [3.63, 3.8) is 0 Å². The number of hydrogen-bond donors (Lipinski definition) is 2. The standard InChI is InChI=1S/C21H18N2OS/c22-15-11-9-14(10-12-15)18-13-21(16-5-1-3-7-19(16)24)25-20-8-4-2-6-17(20)23-18/h1-12,21,24H,13,22H2/t21-/m0/s1. The molecule has 1 heterocycles. The van der Waals surface area contributed by atoms with Crippen LogP contribution >= 0.6 is 11.8 Å². The molecular weight excluding hydrogens is 328 g/mol. The summed E-state index contributed by atoms with van der Waals surface area (Å²) in [4.78, 5) is 6.04. The lowest BCUT2D eigenvalue weighted by atomic mass is 10.0. The molecule has 3 N–H and O–H groups in total. The number of phenols is 1. The molecule has 4 rings (SSSR count). The van der Waals surface area contributed by atoms with Crippen molar-refractivity contribution in [2.45, 2.75) is 16.6 Å². The molecule has 0 aromatic heterocycles. The summed E-state index contributed by atoms with van der Waals surface area (Å²) in [6.45, 7) is 0. The van der Waals surface area contributed by atoms with Gasteiger partial charge in [-0.1, -0.05) is 42.5 Å². The van der Waals surface area contributed by atoms with Gasteiger partial charge in [-0.05, 0) is 35.9 Å². The Morgan fingerprint density at radius 3 is 2.44 bits per heavy atom. The van der Waals surface area contributed by atoms with Crippen LogP contribution in [0.5, 0.6) is 5.75 Å². The van der Waals surface area contributed by atoms with E-state index in [2.05, 4.69) is 6.07 Å². The summed E-state index contributed by atoms with van der Waals surface area (Å²) in [5.74, 6) is 0.330. The molecule has 3 nitrogen and oxygen atoms in total. The number of aliphatic imine (C=N–C) groups is 1. The van der Waals surface area contributed by atoms with Crippen molar-refractivity contribution in [2.75, 3.05) is 5.73 Å². The van der Waals surface area contributed by atoms with Gasteiger partial charge in [0.2, 0.25) is 0 Å². The van der Waals surface area contributed by atoms with Crippen LogP contribution in [-0.4, -0.2) is 10.8 Å². The predicted octanol–water partition coefficient (Wildman–Crippen LogP) is 5.33. The summed E-state index contributed by atoms with van der Waals surface area (Å²) in [6, 6.07) is 23.5. The summed E-state index contributed by atoms with van der Waals surface area (Å²) in [7, 11) is 0. The van der Waals surface area contributed by atoms with Crippen molar-refractivity contribution in [1.82, 2.24) is 0 Å². The number of anilines is 1. The normalized spacial score (nSPS) is 16.6. The van der Waals surface area contributed by atoms with E-state index in [1.165, 1.54) is 0 Å². The number of fused-ring (bicyclic) bond motifs is 1. The van der Waals surface area contributed by atoms with E-state index in [9.17, 15) is 5.11 Å². The van der Waals surface area contributed by atoms with Gasteiger partial charge in [0.1, 0.15) is 5.75 Å². The third-order valence-electron chi connectivity index (χ3n) is 4.30. The van der Waals surface area contributed by atoms with Crippen LogP contribution in [0.2, 0.25) is 0 Å². The van der Waals surface area contributed by atoms with Gasteiger partial charge in [-0.15, -0.1) is 11.8 Å². The Morgan fingerprint density at radius 2 is 1.64 bits per heavy atom. The Labute approximate surface area is 151 Å². The van der Waals surface area contributed by atoms with E-state index < -0.39 is 0 Å². The van der Waals surface area contributed by atoms with Crippen LogP contribution in [0.1, 0.15) is 22.8 Å². The minimum atomic E-state index is 0.0983. The van der Waals surface area contributed by atoms with Gasteiger partial charge in [0, 0.05) is 33.5 Å². The SMILES string of the molecule is Nc1ccc(C2=Nc3ccccc3S[C@H](c3ccccc3O)C2)cc1. The zero-order chi connectivity index (χ0) is 17.2. The molecule has 0 spiro atoms. The maximum absolute atomic E-state index is 10.3. The largest absolute Gasteiger partial charge is 0.508 e. The van der Waals surface area contributed by atoms with Crippen LogP contribution in [0.3, 0.4) is 0 Å². The minimum Gasteiger partial charge on any atom is -0.508 e. The van der Waals surface area contributed by atoms with Gasteiger partial charge in [0.25, 0.3) is 0 Å². The third-order valence-corrected chi connectivity index (χ3v) is 5.60. The first-order chi connectivity index (χ1) is 12.2. The van der Waals surface area contributed by atoms with Gasteiger partial charge >= 0.3 is 0 Å². The van der Waals surface area contributed by atoms with Crippen LogP contribution in [0.4, 0.5) is 11.4 Å². The maximum atomic E-state index is 10.3.